The normalized spacial score (nSPS) is 17.2. The molecule has 0 unspecified atom stereocenters. The lowest BCUT2D eigenvalue weighted by atomic mass is 10.0. The van der Waals surface area contributed by atoms with Gasteiger partial charge >= 0.3 is 18.2 Å². The van der Waals surface area contributed by atoms with Crippen LogP contribution in [-0.4, -0.2) is 95.0 Å². The molecule has 0 aliphatic heterocycles. The number of esters is 1. The Balaban J connectivity index is 1.60. The van der Waals surface area contributed by atoms with Crippen LogP contribution < -0.4 is 21.3 Å². The summed E-state index contributed by atoms with van der Waals surface area (Å²) < 4.78 is 31.3. The Morgan fingerprint density at radius 2 is 1.55 bits per heavy atom. The summed E-state index contributed by atoms with van der Waals surface area (Å²) in [7, 11) is 0. The molecule has 298 valence electrons. The average molecular weight is 749 g/mol. The number of alkyl carbamates (subject to hydrolysis) is 2. The van der Waals surface area contributed by atoms with E-state index in [-0.39, 0.29) is 58.9 Å². The molecule has 5 atom stereocenters. The molecule has 0 bridgehead atoms. The first-order valence-corrected chi connectivity index (χ1v) is 18.5. The van der Waals surface area contributed by atoms with E-state index in [0.29, 0.717) is 30.0 Å². The summed E-state index contributed by atoms with van der Waals surface area (Å²) in [4.78, 5) is 61.5. The molecule has 53 heavy (non-hydrogen) atoms. The van der Waals surface area contributed by atoms with Gasteiger partial charge in [-0.25, -0.2) is 14.4 Å². The molecule has 0 radical (unpaired) electrons. The Hall–Kier alpha value is -4.21. The Morgan fingerprint density at radius 3 is 2.23 bits per heavy atom. The Bertz CT molecular complexity index is 1280. The summed E-state index contributed by atoms with van der Waals surface area (Å²) in [6.45, 7) is 13.9. The van der Waals surface area contributed by atoms with Crippen LogP contribution in [0.15, 0.2) is 36.9 Å². The standard InChI is InChI=1S/C38H60N4O11/c1-7-10-12-30-31(13-11-8-2)32(30)23-53-37(46)39-18-19-48-20-21-52-38(47)42-34(26(4)5)36(45)40-27(6)35(44)41-29-16-14-28(15-17-29)22-49-25-50-24-33(43)51-9-3/h7,14-17,26-27,30-32,34H,1,8-13,18-25H2,2-6H3,(H,39,46)(H,40,45)(H,41,44)(H,42,47)/t27-,30-,31+,32-,34-/m0/s1. The minimum Gasteiger partial charge on any atom is -0.464 e. The Labute approximate surface area is 313 Å². The van der Waals surface area contributed by atoms with Crippen molar-refractivity contribution in [3.05, 3.63) is 42.5 Å². The predicted molar refractivity (Wildman–Crippen MR) is 198 cm³/mol. The number of unbranched alkanes of at least 4 members (excludes halogenated alkanes) is 1. The first-order chi connectivity index (χ1) is 25.5. The molecule has 1 aliphatic carbocycles. The number of hydrogen-bond acceptors (Lipinski definition) is 11. The van der Waals surface area contributed by atoms with Crippen molar-refractivity contribution in [2.24, 2.45) is 23.7 Å². The molecule has 4 N–H and O–H groups in total. The molecule has 0 aromatic heterocycles. The number of carbonyl (C=O) groups is 5. The molecular weight excluding hydrogens is 688 g/mol. The molecule has 1 fully saturated rings. The third-order valence-electron chi connectivity index (χ3n) is 8.64. The van der Waals surface area contributed by atoms with E-state index in [1.165, 1.54) is 19.8 Å². The SMILES string of the molecule is C=CCC[C@H]1[C@@H](CCCC)[C@H]1COC(=O)NCCOCCOC(=O)N[C@H](C(=O)N[C@@H](C)C(=O)Nc1ccc(COCOCC(=O)OCC)cc1)C(C)C. The quantitative estimate of drug-likeness (QED) is 0.0321. The molecule has 0 heterocycles. The van der Waals surface area contributed by atoms with Gasteiger partial charge in [-0.15, -0.1) is 6.58 Å². The molecule has 4 amide bonds. The van der Waals surface area contributed by atoms with E-state index < -0.39 is 42.1 Å². The molecule has 1 saturated carbocycles. The fourth-order valence-electron chi connectivity index (χ4n) is 5.67. The van der Waals surface area contributed by atoms with E-state index in [2.05, 4.69) is 34.8 Å². The van der Waals surface area contributed by atoms with Crippen LogP contribution >= 0.6 is 0 Å². The number of allylic oxidation sites excluding steroid dienone is 1. The lowest BCUT2D eigenvalue weighted by Crippen LogP contribution is -2.53. The zero-order valence-corrected chi connectivity index (χ0v) is 31.9. The van der Waals surface area contributed by atoms with Gasteiger partial charge in [0.1, 0.15) is 32.1 Å². The van der Waals surface area contributed by atoms with Crippen molar-refractivity contribution in [1.82, 2.24) is 16.0 Å². The van der Waals surface area contributed by atoms with Crippen LogP contribution in [0.2, 0.25) is 0 Å². The van der Waals surface area contributed by atoms with Crippen LogP contribution in [0.5, 0.6) is 0 Å². The van der Waals surface area contributed by atoms with Gasteiger partial charge in [0.25, 0.3) is 0 Å². The number of carbonyl (C=O) groups excluding carboxylic acids is 5. The van der Waals surface area contributed by atoms with Crippen LogP contribution in [-0.2, 0) is 49.4 Å². The highest BCUT2D eigenvalue weighted by Gasteiger charge is 2.48. The molecule has 1 aliphatic rings. The number of anilines is 1. The summed E-state index contributed by atoms with van der Waals surface area (Å²) in [5.41, 5.74) is 1.33. The first kappa shape index (κ1) is 44.9. The highest BCUT2D eigenvalue weighted by molar-refractivity contribution is 5.98. The van der Waals surface area contributed by atoms with E-state index in [9.17, 15) is 24.0 Å². The van der Waals surface area contributed by atoms with Gasteiger partial charge in [-0.2, -0.15) is 0 Å². The zero-order valence-electron chi connectivity index (χ0n) is 31.9. The highest BCUT2D eigenvalue weighted by atomic mass is 16.7. The second kappa shape index (κ2) is 25.7. The summed E-state index contributed by atoms with van der Waals surface area (Å²) in [6, 6.07) is 5.03. The van der Waals surface area contributed by atoms with E-state index in [1.54, 1.807) is 45.0 Å². The van der Waals surface area contributed by atoms with Gasteiger partial charge < -0.3 is 49.7 Å². The maximum atomic E-state index is 13.0. The van der Waals surface area contributed by atoms with Crippen LogP contribution in [0.1, 0.15) is 72.3 Å². The summed E-state index contributed by atoms with van der Waals surface area (Å²) in [5, 5.41) is 10.6. The molecule has 0 saturated heterocycles. The molecule has 1 aromatic carbocycles. The number of rotatable bonds is 27. The summed E-state index contributed by atoms with van der Waals surface area (Å²) in [6.07, 6.45) is 6.22. The fraction of sp³-hybridized carbons (Fsp3) is 0.658. The monoisotopic (exact) mass is 748 g/mol. The zero-order chi connectivity index (χ0) is 39.0. The lowest BCUT2D eigenvalue weighted by Gasteiger charge is -2.23. The van der Waals surface area contributed by atoms with E-state index in [1.807, 2.05) is 6.08 Å². The second-order valence-electron chi connectivity index (χ2n) is 13.2. The van der Waals surface area contributed by atoms with Gasteiger partial charge in [-0.05, 0) is 74.5 Å². The number of amides is 4. The number of nitrogens with one attached hydrogen (secondary N) is 4. The lowest BCUT2D eigenvalue weighted by molar-refractivity contribution is -0.154. The van der Waals surface area contributed by atoms with Crippen molar-refractivity contribution in [3.63, 3.8) is 0 Å². The smallest absolute Gasteiger partial charge is 0.407 e. The number of hydrogen-bond donors (Lipinski definition) is 4. The van der Waals surface area contributed by atoms with E-state index >= 15 is 0 Å². The van der Waals surface area contributed by atoms with Gasteiger partial charge in [-0.3, -0.25) is 9.59 Å². The van der Waals surface area contributed by atoms with Crippen LogP contribution in [0.25, 0.3) is 0 Å². The Morgan fingerprint density at radius 1 is 0.811 bits per heavy atom. The molecule has 2 rings (SSSR count). The Kier molecular flexibility index (Phi) is 21.8. The van der Waals surface area contributed by atoms with Crippen LogP contribution in [0.4, 0.5) is 15.3 Å². The third-order valence-corrected chi connectivity index (χ3v) is 8.64. The first-order valence-electron chi connectivity index (χ1n) is 18.5. The minimum atomic E-state index is -0.954. The molecule has 15 nitrogen and oxygen atoms in total. The molecule has 15 heteroatoms. The predicted octanol–water partition coefficient (Wildman–Crippen LogP) is 4.70. The van der Waals surface area contributed by atoms with Crippen molar-refractivity contribution in [2.75, 3.05) is 58.3 Å². The van der Waals surface area contributed by atoms with Crippen molar-refractivity contribution < 1.29 is 52.4 Å². The maximum Gasteiger partial charge on any atom is 0.407 e. The van der Waals surface area contributed by atoms with Crippen LogP contribution in [0.3, 0.4) is 0 Å². The molecular formula is C38H60N4O11. The number of benzene rings is 1. The van der Waals surface area contributed by atoms with Crippen molar-refractivity contribution in [1.29, 1.82) is 0 Å². The summed E-state index contributed by atoms with van der Waals surface area (Å²) in [5.74, 6) is -0.136. The van der Waals surface area contributed by atoms with Crippen LogP contribution in [0, 0.1) is 23.7 Å². The van der Waals surface area contributed by atoms with Crippen molar-refractivity contribution >= 4 is 35.7 Å². The van der Waals surface area contributed by atoms with Crippen molar-refractivity contribution in [3.8, 4) is 0 Å². The fourth-order valence-corrected chi connectivity index (χ4v) is 5.67. The number of ether oxygens (including phenoxy) is 6. The average Bonchev–Trinajstić information content (AvgIpc) is 3.81. The minimum absolute atomic E-state index is 0.0668. The highest BCUT2D eigenvalue weighted by Crippen LogP contribution is 2.52. The van der Waals surface area contributed by atoms with Gasteiger partial charge in [0, 0.05) is 12.2 Å². The van der Waals surface area contributed by atoms with Gasteiger partial charge in [-0.1, -0.05) is 51.8 Å². The third kappa shape index (κ3) is 18.4. The van der Waals surface area contributed by atoms with Gasteiger partial charge in [0.2, 0.25) is 11.8 Å². The topological polar surface area (TPSA) is 189 Å². The largest absolute Gasteiger partial charge is 0.464 e. The van der Waals surface area contributed by atoms with Gasteiger partial charge in [0.15, 0.2) is 0 Å². The summed E-state index contributed by atoms with van der Waals surface area (Å²) >= 11 is 0. The maximum absolute atomic E-state index is 13.0. The van der Waals surface area contributed by atoms with Crippen molar-refractivity contribution in [2.45, 2.75) is 85.4 Å². The second-order valence-corrected chi connectivity index (χ2v) is 13.2. The van der Waals surface area contributed by atoms with Gasteiger partial charge in [0.05, 0.1) is 33.0 Å². The van der Waals surface area contributed by atoms with E-state index in [0.717, 1.165) is 24.8 Å². The molecule has 0 spiro atoms. The van der Waals surface area contributed by atoms with E-state index in [4.69, 9.17) is 28.4 Å². The molecule has 1 aromatic rings.